The van der Waals surface area contributed by atoms with Crippen LogP contribution >= 0.6 is 11.6 Å². The van der Waals surface area contributed by atoms with Gasteiger partial charge in [0, 0.05) is 23.8 Å². The number of esters is 1. The Labute approximate surface area is 186 Å². The summed E-state index contributed by atoms with van der Waals surface area (Å²) < 4.78 is 37.7. The van der Waals surface area contributed by atoms with E-state index < -0.39 is 28.0 Å². The molecular weight excluding hydrogens is 444 g/mol. The second-order valence-corrected chi connectivity index (χ2v) is 9.36. The zero-order valence-corrected chi connectivity index (χ0v) is 18.7. The lowest BCUT2D eigenvalue weighted by atomic mass is 10.2. The zero-order chi connectivity index (χ0) is 22.6. The van der Waals surface area contributed by atoms with E-state index in [2.05, 4.69) is 5.32 Å². The van der Waals surface area contributed by atoms with Crippen molar-refractivity contribution >= 4 is 39.2 Å². The number of nitrogens with one attached hydrogen (secondary N) is 1. The Balaban J connectivity index is 1.75. The molecule has 2 aromatic rings. The van der Waals surface area contributed by atoms with Gasteiger partial charge in [-0.15, -0.1) is 0 Å². The molecule has 1 heterocycles. The van der Waals surface area contributed by atoms with Crippen molar-refractivity contribution in [1.82, 2.24) is 4.31 Å². The van der Waals surface area contributed by atoms with Crippen LogP contribution in [0.4, 0.5) is 5.69 Å². The molecule has 1 saturated heterocycles. The van der Waals surface area contributed by atoms with E-state index in [0.717, 1.165) is 12.8 Å². The van der Waals surface area contributed by atoms with Crippen LogP contribution in [0.2, 0.25) is 5.02 Å². The molecule has 1 N–H and O–H groups in total. The molecule has 8 nitrogen and oxygen atoms in total. The van der Waals surface area contributed by atoms with Gasteiger partial charge >= 0.3 is 5.97 Å². The van der Waals surface area contributed by atoms with E-state index in [-0.39, 0.29) is 16.2 Å². The highest BCUT2D eigenvalue weighted by molar-refractivity contribution is 7.89. The zero-order valence-electron chi connectivity index (χ0n) is 17.1. The van der Waals surface area contributed by atoms with E-state index in [1.165, 1.54) is 36.5 Å². The first kappa shape index (κ1) is 23.1. The number of rotatable bonds is 7. The van der Waals surface area contributed by atoms with Crippen molar-refractivity contribution in [2.75, 3.05) is 25.5 Å². The van der Waals surface area contributed by atoms with Crippen molar-refractivity contribution in [2.45, 2.75) is 30.8 Å². The van der Waals surface area contributed by atoms with E-state index in [4.69, 9.17) is 21.1 Å². The molecule has 0 radical (unpaired) electrons. The molecule has 2 aromatic carbocycles. The molecule has 1 fully saturated rings. The van der Waals surface area contributed by atoms with Crippen LogP contribution < -0.4 is 10.1 Å². The Morgan fingerprint density at radius 2 is 1.74 bits per heavy atom. The minimum absolute atomic E-state index is 0.00437. The third kappa shape index (κ3) is 5.36. The smallest absolute Gasteiger partial charge is 0.338 e. The van der Waals surface area contributed by atoms with Gasteiger partial charge in [0.25, 0.3) is 5.91 Å². The number of hydrogen-bond acceptors (Lipinski definition) is 6. The van der Waals surface area contributed by atoms with Crippen molar-refractivity contribution in [3.63, 3.8) is 0 Å². The molecule has 0 aliphatic carbocycles. The maximum atomic E-state index is 13.0. The van der Waals surface area contributed by atoms with Crippen LogP contribution in [0.25, 0.3) is 0 Å². The van der Waals surface area contributed by atoms with Gasteiger partial charge in [-0.1, -0.05) is 11.6 Å². The summed E-state index contributed by atoms with van der Waals surface area (Å²) in [4.78, 5) is 24.8. The monoisotopic (exact) mass is 466 g/mol. The van der Waals surface area contributed by atoms with Crippen LogP contribution in [0.5, 0.6) is 5.75 Å². The van der Waals surface area contributed by atoms with Gasteiger partial charge in [-0.25, -0.2) is 13.2 Å². The molecule has 10 heteroatoms. The van der Waals surface area contributed by atoms with Crippen molar-refractivity contribution in [3.8, 4) is 5.75 Å². The average Bonchev–Trinajstić information content (AvgIpc) is 3.30. The minimum Gasteiger partial charge on any atom is -0.495 e. The Bertz CT molecular complexity index is 1070. The van der Waals surface area contributed by atoms with E-state index in [0.29, 0.717) is 23.8 Å². The normalized spacial score (nSPS) is 15.3. The first-order valence-corrected chi connectivity index (χ1v) is 11.5. The van der Waals surface area contributed by atoms with Gasteiger partial charge in [-0.2, -0.15) is 4.31 Å². The molecule has 1 atom stereocenters. The molecule has 166 valence electrons. The Morgan fingerprint density at radius 3 is 2.35 bits per heavy atom. The summed E-state index contributed by atoms with van der Waals surface area (Å²) >= 11 is 5.82. The molecular formula is C21H23ClN2O6S. The number of nitrogens with zero attached hydrogens (tertiary/aromatic N) is 1. The summed E-state index contributed by atoms with van der Waals surface area (Å²) in [5.74, 6) is -1.22. The molecule has 31 heavy (non-hydrogen) atoms. The number of halogens is 1. The highest BCUT2D eigenvalue weighted by Crippen LogP contribution is 2.30. The number of carbonyl (C=O) groups excluding carboxylic acids is 2. The number of anilines is 1. The SMILES string of the molecule is COc1ccc(C(=O)O[C@H](C)C(=O)Nc2ccc(Cl)cc2)cc1S(=O)(=O)N1CCCC1. The quantitative estimate of drug-likeness (QED) is 0.628. The number of carbonyl (C=O) groups is 2. The van der Waals surface area contributed by atoms with Gasteiger partial charge in [0.2, 0.25) is 10.0 Å². The summed E-state index contributed by atoms with van der Waals surface area (Å²) in [6.45, 7) is 2.26. The van der Waals surface area contributed by atoms with E-state index in [1.54, 1.807) is 24.3 Å². The molecule has 0 spiro atoms. The van der Waals surface area contributed by atoms with Crippen molar-refractivity contribution in [2.24, 2.45) is 0 Å². The lowest BCUT2D eigenvalue weighted by molar-refractivity contribution is -0.123. The van der Waals surface area contributed by atoms with Gasteiger partial charge in [-0.3, -0.25) is 4.79 Å². The third-order valence-electron chi connectivity index (χ3n) is 4.85. The molecule has 0 aromatic heterocycles. The first-order chi connectivity index (χ1) is 14.7. The number of benzene rings is 2. The Morgan fingerprint density at radius 1 is 1.10 bits per heavy atom. The maximum absolute atomic E-state index is 13.0. The maximum Gasteiger partial charge on any atom is 0.338 e. The van der Waals surface area contributed by atoms with E-state index in [9.17, 15) is 18.0 Å². The van der Waals surface area contributed by atoms with Crippen LogP contribution in [0.15, 0.2) is 47.4 Å². The lowest BCUT2D eigenvalue weighted by Gasteiger charge is -2.18. The third-order valence-corrected chi connectivity index (χ3v) is 7.02. The second kappa shape index (κ2) is 9.67. The molecule has 1 aliphatic heterocycles. The summed E-state index contributed by atoms with van der Waals surface area (Å²) in [5.41, 5.74) is 0.505. The summed E-state index contributed by atoms with van der Waals surface area (Å²) in [6.07, 6.45) is 0.455. The predicted molar refractivity (Wildman–Crippen MR) is 116 cm³/mol. The van der Waals surface area contributed by atoms with Crippen LogP contribution in [-0.4, -0.2) is 50.9 Å². The van der Waals surface area contributed by atoms with Gasteiger partial charge in [0.05, 0.1) is 12.7 Å². The number of ether oxygens (including phenoxy) is 2. The van der Waals surface area contributed by atoms with Crippen molar-refractivity contribution < 1.29 is 27.5 Å². The fourth-order valence-electron chi connectivity index (χ4n) is 3.13. The molecule has 1 amide bonds. The van der Waals surface area contributed by atoms with Crippen LogP contribution in [0.3, 0.4) is 0 Å². The lowest BCUT2D eigenvalue weighted by Crippen LogP contribution is -2.30. The average molecular weight is 467 g/mol. The molecule has 0 bridgehead atoms. The number of methoxy groups -OCH3 is 1. The number of sulfonamides is 1. The van der Waals surface area contributed by atoms with E-state index in [1.807, 2.05) is 0 Å². The first-order valence-electron chi connectivity index (χ1n) is 9.68. The largest absolute Gasteiger partial charge is 0.495 e. The summed E-state index contributed by atoms with van der Waals surface area (Å²) in [5, 5.41) is 3.14. The van der Waals surface area contributed by atoms with Gasteiger partial charge in [0.15, 0.2) is 6.10 Å². The number of hydrogen-bond donors (Lipinski definition) is 1. The van der Waals surface area contributed by atoms with Crippen LogP contribution in [0.1, 0.15) is 30.1 Å². The highest BCUT2D eigenvalue weighted by Gasteiger charge is 2.31. The topological polar surface area (TPSA) is 102 Å². The van der Waals surface area contributed by atoms with Crippen LogP contribution in [0, 0.1) is 0 Å². The summed E-state index contributed by atoms with van der Waals surface area (Å²) in [7, 11) is -2.46. The Kier molecular flexibility index (Phi) is 7.19. The Hall–Kier alpha value is -2.62. The van der Waals surface area contributed by atoms with Gasteiger partial charge < -0.3 is 14.8 Å². The molecule has 3 rings (SSSR count). The number of amides is 1. The van der Waals surface area contributed by atoms with Crippen molar-refractivity contribution in [3.05, 3.63) is 53.1 Å². The summed E-state index contributed by atoms with van der Waals surface area (Å²) in [6, 6.07) is 10.5. The molecule has 0 unspecified atom stereocenters. The fraction of sp³-hybridized carbons (Fsp3) is 0.333. The highest BCUT2D eigenvalue weighted by atomic mass is 35.5. The van der Waals surface area contributed by atoms with Gasteiger partial charge in [0.1, 0.15) is 10.6 Å². The molecule has 1 aliphatic rings. The van der Waals surface area contributed by atoms with Crippen molar-refractivity contribution in [1.29, 1.82) is 0 Å². The minimum atomic E-state index is -3.82. The van der Waals surface area contributed by atoms with Crippen LogP contribution in [-0.2, 0) is 19.6 Å². The van der Waals surface area contributed by atoms with Gasteiger partial charge in [-0.05, 0) is 62.2 Å². The van der Waals surface area contributed by atoms with E-state index >= 15 is 0 Å². The standard InChI is InChI=1S/C21H23ClN2O6S/c1-14(20(25)23-17-8-6-16(22)7-9-17)30-21(26)15-5-10-18(29-2)19(13-15)31(27,28)24-11-3-4-12-24/h5-10,13-14H,3-4,11-12H2,1-2H3,(H,23,25)/t14-/m1/s1. The fourth-order valence-corrected chi connectivity index (χ4v) is 4.96. The predicted octanol–water partition coefficient (Wildman–Crippen LogP) is 3.32. The second-order valence-electron chi connectivity index (χ2n) is 7.02. The molecule has 0 saturated carbocycles.